The van der Waals surface area contributed by atoms with E-state index in [2.05, 4.69) is 6.92 Å². The molecule has 0 aromatic rings. The summed E-state index contributed by atoms with van der Waals surface area (Å²) in [5.74, 6) is -0.484. The first-order chi connectivity index (χ1) is 6.60. The minimum absolute atomic E-state index is 0.372. The van der Waals surface area contributed by atoms with Crippen molar-refractivity contribution >= 4 is 7.60 Å². The summed E-state index contributed by atoms with van der Waals surface area (Å²) in [6.45, 7) is 6.39. The normalized spacial score (nSPS) is 14.3. The van der Waals surface area contributed by atoms with Gasteiger partial charge in [0.05, 0.1) is 13.2 Å². The molecule has 1 unspecified atom stereocenters. The Hall–Kier alpha value is 0.110. The number of nitrogens with two attached hydrogens (primary N) is 1. The van der Waals surface area contributed by atoms with Crippen LogP contribution in [0.25, 0.3) is 0 Å². The third-order valence-electron chi connectivity index (χ3n) is 1.88. The zero-order valence-electron chi connectivity index (χ0n) is 9.36. The topological polar surface area (TPSA) is 61.6 Å². The zero-order valence-corrected chi connectivity index (χ0v) is 10.3. The second-order valence-electron chi connectivity index (χ2n) is 3.08. The molecule has 0 rings (SSSR count). The van der Waals surface area contributed by atoms with Crippen LogP contribution in [0.1, 0.15) is 40.0 Å². The van der Waals surface area contributed by atoms with Crippen LogP contribution in [-0.4, -0.2) is 19.0 Å². The van der Waals surface area contributed by atoms with Crippen molar-refractivity contribution in [1.82, 2.24) is 0 Å². The van der Waals surface area contributed by atoms with Gasteiger partial charge in [-0.3, -0.25) is 4.57 Å². The van der Waals surface area contributed by atoms with Gasteiger partial charge in [-0.15, -0.1) is 0 Å². The van der Waals surface area contributed by atoms with E-state index in [4.69, 9.17) is 14.8 Å². The van der Waals surface area contributed by atoms with Gasteiger partial charge in [-0.05, 0) is 20.3 Å². The van der Waals surface area contributed by atoms with Gasteiger partial charge in [0.1, 0.15) is 5.78 Å². The van der Waals surface area contributed by atoms with Gasteiger partial charge < -0.3 is 14.8 Å². The van der Waals surface area contributed by atoms with Crippen LogP contribution in [0.5, 0.6) is 0 Å². The Morgan fingerprint density at radius 3 is 2.07 bits per heavy atom. The van der Waals surface area contributed by atoms with Crippen molar-refractivity contribution in [1.29, 1.82) is 0 Å². The highest BCUT2D eigenvalue weighted by Crippen LogP contribution is 2.52. The Kier molecular flexibility index (Phi) is 7.47. The largest absolute Gasteiger partial charge is 0.347 e. The molecule has 86 valence electrons. The predicted octanol–water partition coefficient (Wildman–Crippen LogP) is 2.73. The van der Waals surface area contributed by atoms with E-state index in [1.807, 2.05) is 0 Å². The molecule has 0 spiro atoms. The quantitative estimate of drug-likeness (QED) is 0.643. The summed E-state index contributed by atoms with van der Waals surface area (Å²) in [5.41, 5.74) is 5.80. The Morgan fingerprint density at radius 1 is 1.21 bits per heavy atom. The van der Waals surface area contributed by atoms with Crippen LogP contribution in [0.15, 0.2) is 0 Å². The lowest BCUT2D eigenvalue weighted by atomic mass is 10.2. The van der Waals surface area contributed by atoms with E-state index in [0.29, 0.717) is 19.6 Å². The van der Waals surface area contributed by atoms with Gasteiger partial charge in [-0.1, -0.05) is 19.8 Å². The number of hydrogen-bond acceptors (Lipinski definition) is 4. The fraction of sp³-hybridized carbons (Fsp3) is 1.00. The number of hydrogen-bond donors (Lipinski definition) is 1. The van der Waals surface area contributed by atoms with Crippen LogP contribution in [0, 0.1) is 0 Å². The fourth-order valence-electron chi connectivity index (χ4n) is 1.16. The van der Waals surface area contributed by atoms with Gasteiger partial charge in [0.2, 0.25) is 0 Å². The molecule has 0 amide bonds. The van der Waals surface area contributed by atoms with E-state index in [0.717, 1.165) is 12.8 Å². The van der Waals surface area contributed by atoms with Crippen LogP contribution in [0.3, 0.4) is 0 Å². The van der Waals surface area contributed by atoms with Crippen LogP contribution in [-0.2, 0) is 13.6 Å². The van der Waals surface area contributed by atoms with E-state index < -0.39 is 13.4 Å². The molecule has 4 nitrogen and oxygen atoms in total. The van der Waals surface area contributed by atoms with E-state index >= 15 is 0 Å². The molecule has 14 heavy (non-hydrogen) atoms. The van der Waals surface area contributed by atoms with Crippen molar-refractivity contribution in [3.63, 3.8) is 0 Å². The lowest BCUT2D eigenvalue weighted by Gasteiger charge is -2.22. The first-order valence-electron chi connectivity index (χ1n) is 5.25. The molecule has 2 N–H and O–H groups in total. The average molecular weight is 223 g/mol. The van der Waals surface area contributed by atoms with Crippen molar-refractivity contribution in [2.45, 2.75) is 45.8 Å². The molecule has 0 aliphatic heterocycles. The Balaban J connectivity index is 4.23. The summed E-state index contributed by atoms with van der Waals surface area (Å²) in [4.78, 5) is 0. The molecular weight excluding hydrogens is 201 g/mol. The average Bonchev–Trinajstić information content (AvgIpc) is 2.15. The molecule has 0 fully saturated rings. The summed E-state index contributed by atoms with van der Waals surface area (Å²) < 4.78 is 22.3. The zero-order chi connectivity index (χ0) is 11.0. The van der Waals surface area contributed by atoms with Crippen molar-refractivity contribution < 1.29 is 13.6 Å². The SMILES string of the molecule is CCCCC(N)P(=O)(OCC)OCC. The van der Waals surface area contributed by atoms with Gasteiger partial charge in [-0.25, -0.2) is 0 Å². The van der Waals surface area contributed by atoms with Gasteiger partial charge in [0, 0.05) is 0 Å². The number of unbranched alkanes of at least 4 members (excludes halogenated alkanes) is 1. The second kappa shape index (κ2) is 7.41. The first-order valence-corrected chi connectivity index (χ1v) is 6.86. The second-order valence-corrected chi connectivity index (χ2v) is 5.34. The molecule has 0 aliphatic carbocycles. The summed E-state index contributed by atoms with van der Waals surface area (Å²) in [5, 5.41) is 0. The van der Waals surface area contributed by atoms with Crippen LogP contribution >= 0.6 is 7.60 Å². The Morgan fingerprint density at radius 2 is 1.71 bits per heavy atom. The molecule has 0 bridgehead atoms. The monoisotopic (exact) mass is 223 g/mol. The predicted molar refractivity (Wildman–Crippen MR) is 58.4 cm³/mol. The standard InChI is InChI=1S/C9H22NO3P/c1-4-7-8-9(10)14(11,12-5-2)13-6-3/h9H,4-8,10H2,1-3H3. The molecule has 0 saturated carbocycles. The molecule has 5 heteroatoms. The minimum Gasteiger partial charge on any atom is -0.318 e. The van der Waals surface area contributed by atoms with Crippen molar-refractivity contribution in [2.24, 2.45) is 5.73 Å². The van der Waals surface area contributed by atoms with Crippen LogP contribution < -0.4 is 5.73 Å². The molecule has 0 heterocycles. The van der Waals surface area contributed by atoms with E-state index in [1.165, 1.54) is 0 Å². The molecule has 0 aromatic heterocycles. The van der Waals surface area contributed by atoms with Crippen LogP contribution in [0.4, 0.5) is 0 Å². The smallest absolute Gasteiger partial charge is 0.318 e. The lowest BCUT2D eigenvalue weighted by Crippen LogP contribution is -2.23. The highest BCUT2D eigenvalue weighted by molar-refractivity contribution is 7.54. The highest BCUT2D eigenvalue weighted by Gasteiger charge is 2.31. The van der Waals surface area contributed by atoms with E-state index in [9.17, 15) is 4.57 Å². The number of rotatable bonds is 8. The Bertz CT molecular complexity index is 177. The third kappa shape index (κ3) is 4.56. The first kappa shape index (κ1) is 14.1. The minimum atomic E-state index is -3.06. The fourth-order valence-corrected chi connectivity index (χ4v) is 2.84. The highest BCUT2D eigenvalue weighted by atomic mass is 31.2. The molecule has 0 aromatic carbocycles. The lowest BCUT2D eigenvalue weighted by molar-refractivity contribution is 0.210. The van der Waals surface area contributed by atoms with Crippen molar-refractivity contribution in [3.8, 4) is 0 Å². The van der Waals surface area contributed by atoms with Gasteiger partial charge in [0.15, 0.2) is 0 Å². The van der Waals surface area contributed by atoms with Gasteiger partial charge >= 0.3 is 7.60 Å². The van der Waals surface area contributed by atoms with Crippen LogP contribution in [0.2, 0.25) is 0 Å². The summed E-state index contributed by atoms with van der Waals surface area (Å²) in [6, 6.07) is 0. The molecular formula is C9H22NO3P. The third-order valence-corrected chi connectivity index (χ3v) is 4.18. The molecule has 0 saturated heterocycles. The van der Waals surface area contributed by atoms with E-state index in [1.54, 1.807) is 13.8 Å². The summed E-state index contributed by atoms with van der Waals surface area (Å²) in [7, 11) is -3.06. The van der Waals surface area contributed by atoms with Gasteiger partial charge in [0.25, 0.3) is 0 Å². The van der Waals surface area contributed by atoms with Crippen molar-refractivity contribution in [2.75, 3.05) is 13.2 Å². The molecule has 0 radical (unpaired) electrons. The molecule has 0 aliphatic rings. The molecule has 1 atom stereocenters. The maximum absolute atomic E-state index is 12.0. The maximum atomic E-state index is 12.0. The summed E-state index contributed by atoms with van der Waals surface area (Å²) in [6.07, 6.45) is 2.67. The van der Waals surface area contributed by atoms with Gasteiger partial charge in [-0.2, -0.15) is 0 Å². The maximum Gasteiger partial charge on any atom is 0.347 e. The summed E-state index contributed by atoms with van der Waals surface area (Å²) >= 11 is 0. The van der Waals surface area contributed by atoms with E-state index in [-0.39, 0.29) is 0 Å². The van der Waals surface area contributed by atoms with Crippen molar-refractivity contribution in [3.05, 3.63) is 0 Å². The Labute approximate surface area is 86.7 Å².